The minimum absolute atomic E-state index is 0.341. The maximum absolute atomic E-state index is 8.70. The number of nitriles is 1. The summed E-state index contributed by atoms with van der Waals surface area (Å²) in [5.74, 6) is 0.837. The first-order valence-electron chi connectivity index (χ1n) is 5.72. The van der Waals surface area contributed by atoms with Crippen LogP contribution in [0.25, 0.3) is 0 Å². The molecule has 86 valence electrons. The van der Waals surface area contributed by atoms with Crippen LogP contribution >= 0.6 is 0 Å². The van der Waals surface area contributed by atoms with E-state index >= 15 is 0 Å². The van der Waals surface area contributed by atoms with Crippen LogP contribution in [0.2, 0.25) is 0 Å². The van der Waals surface area contributed by atoms with Gasteiger partial charge in [0.1, 0.15) is 0 Å². The molecule has 1 aromatic carbocycles. The molecule has 0 spiro atoms. The maximum atomic E-state index is 8.70. The van der Waals surface area contributed by atoms with Gasteiger partial charge in [0, 0.05) is 6.42 Å². The van der Waals surface area contributed by atoms with Crippen molar-refractivity contribution >= 4 is 0 Å². The van der Waals surface area contributed by atoms with E-state index in [0.29, 0.717) is 31.5 Å². The molecule has 0 N–H and O–H groups in total. The molecule has 0 aromatic heterocycles. The molecule has 0 radical (unpaired) electrons. The van der Waals surface area contributed by atoms with Crippen LogP contribution < -0.4 is 0 Å². The zero-order valence-electron chi connectivity index (χ0n) is 10.0. The predicted octanol–water partition coefficient (Wildman–Crippen LogP) is 3.39. The Morgan fingerprint density at radius 2 is 1.94 bits per heavy atom. The van der Waals surface area contributed by atoms with E-state index in [2.05, 4.69) is 32.0 Å². The summed E-state index contributed by atoms with van der Waals surface area (Å²) in [4.78, 5) is 0. The lowest BCUT2D eigenvalue weighted by Crippen LogP contribution is -2.15. The Labute approximate surface area is 97.9 Å². The van der Waals surface area contributed by atoms with Gasteiger partial charge in [-0.15, -0.1) is 0 Å². The SMILES string of the molecule is CC(C)[C@H](CC#N)COCc1ccccc1. The van der Waals surface area contributed by atoms with E-state index in [1.54, 1.807) is 0 Å². The van der Waals surface area contributed by atoms with E-state index in [1.165, 1.54) is 5.56 Å². The molecule has 1 atom stereocenters. The summed E-state index contributed by atoms with van der Waals surface area (Å²) in [6.45, 7) is 5.57. The number of hydrogen-bond donors (Lipinski definition) is 0. The topological polar surface area (TPSA) is 33.0 Å². The molecular weight excluding hydrogens is 198 g/mol. The van der Waals surface area contributed by atoms with Gasteiger partial charge in [0.2, 0.25) is 0 Å². The summed E-state index contributed by atoms with van der Waals surface area (Å²) in [7, 11) is 0. The van der Waals surface area contributed by atoms with Gasteiger partial charge in [0.15, 0.2) is 0 Å². The first-order valence-corrected chi connectivity index (χ1v) is 5.72. The van der Waals surface area contributed by atoms with Crippen molar-refractivity contribution in [2.75, 3.05) is 6.61 Å². The minimum atomic E-state index is 0.341. The van der Waals surface area contributed by atoms with Crippen molar-refractivity contribution in [3.8, 4) is 6.07 Å². The molecule has 0 heterocycles. The largest absolute Gasteiger partial charge is 0.376 e. The molecule has 0 fully saturated rings. The Kier molecular flexibility index (Phi) is 5.60. The highest BCUT2D eigenvalue weighted by molar-refractivity contribution is 5.13. The third kappa shape index (κ3) is 4.46. The molecule has 2 heteroatoms. The molecule has 1 aromatic rings. The first kappa shape index (κ1) is 12.7. The molecule has 0 amide bonds. The van der Waals surface area contributed by atoms with Crippen LogP contribution in [0, 0.1) is 23.2 Å². The molecule has 16 heavy (non-hydrogen) atoms. The van der Waals surface area contributed by atoms with Crippen molar-refractivity contribution in [3.63, 3.8) is 0 Å². The van der Waals surface area contributed by atoms with Crippen LogP contribution in [0.4, 0.5) is 0 Å². The molecule has 0 bridgehead atoms. The lowest BCUT2D eigenvalue weighted by atomic mass is 9.94. The van der Waals surface area contributed by atoms with Gasteiger partial charge < -0.3 is 4.74 Å². The third-order valence-corrected chi connectivity index (χ3v) is 2.74. The van der Waals surface area contributed by atoms with Crippen LogP contribution in [0.15, 0.2) is 30.3 Å². The van der Waals surface area contributed by atoms with Crippen LogP contribution in [-0.4, -0.2) is 6.61 Å². The molecule has 0 aliphatic rings. The maximum Gasteiger partial charge on any atom is 0.0717 e. The zero-order valence-corrected chi connectivity index (χ0v) is 10.0. The van der Waals surface area contributed by atoms with E-state index in [-0.39, 0.29) is 0 Å². The molecular formula is C14H19NO. The van der Waals surface area contributed by atoms with E-state index in [9.17, 15) is 0 Å². The second-order valence-corrected chi connectivity index (χ2v) is 4.37. The Balaban J connectivity index is 2.31. The number of rotatable bonds is 6. The summed E-state index contributed by atoms with van der Waals surface area (Å²) in [5.41, 5.74) is 1.18. The Hall–Kier alpha value is -1.33. The van der Waals surface area contributed by atoms with E-state index in [1.807, 2.05) is 18.2 Å². The van der Waals surface area contributed by atoms with Crippen molar-refractivity contribution in [2.24, 2.45) is 11.8 Å². The molecule has 0 aliphatic carbocycles. The van der Waals surface area contributed by atoms with Gasteiger partial charge in [-0.3, -0.25) is 0 Å². The van der Waals surface area contributed by atoms with Crippen molar-refractivity contribution in [1.29, 1.82) is 5.26 Å². The van der Waals surface area contributed by atoms with Gasteiger partial charge in [0.05, 0.1) is 19.3 Å². The quantitative estimate of drug-likeness (QED) is 0.731. The number of ether oxygens (including phenoxy) is 1. The highest BCUT2D eigenvalue weighted by Gasteiger charge is 2.12. The fraction of sp³-hybridized carbons (Fsp3) is 0.500. The fourth-order valence-electron chi connectivity index (χ4n) is 1.51. The average molecular weight is 217 g/mol. The zero-order chi connectivity index (χ0) is 11.8. The average Bonchev–Trinajstić information content (AvgIpc) is 2.29. The minimum Gasteiger partial charge on any atom is -0.376 e. The van der Waals surface area contributed by atoms with Crippen molar-refractivity contribution in [1.82, 2.24) is 0 Å². The third-order valence-electron chi connectivity index (χ3n) is 2.74. The molecule has 0 saturated heterocycles. The fourth-order valence-corrected chi connectivity index (χ4v) is 1.51. The first-order chi connectivity index (χ1) is 7.74. The van der Waals surface area contributed by atoms with Gasteiger partial charge in [0.25, 0.3) is 0 Å². The Bertz CT molecular complexity index is 326. The lowest BCUT2D eigenvalue weighted by Gasteiger charge is -2.17. The van der Waals surface area contributed by atoms with Crippen LogP contribution in [0.3, 0.4) is 0 Å². The monoisotopic (exact) mass is 217 g/mol. The number of nitrogens with zero attached hydrogens (tertiary/aromatic N) is 1. The van der Waals surface area contributed by atoms with E-state index in [0.717, 1.165) is 0 Å². The second kappa shape index (κ2) is 7.03. The molecule has 0 unspecified atom stereocenters. The van der Waals surface area contributed by atoms with Crippen molar-refractivity contribution in [2.45, 2.75) is 26.9 Å². The van der Waals surface area contributed by atoms with E-state index < -0.39 is 0 Å². The second-order valence-electron chi connectivity index (χ2n) is 4.37. The van der Waals surface area contributed by atoms with Gasteiger partial charge >= 0.3 is 0 Å². The smallest absolute Gasteiger partial charge is 0.0717 e. The van der Waals surface area contributed by atoms with Gasteiger partial charge in [-0.1, -0.05) is 44.2 Å². The molecule has 0 aliphatic heterocycles. The van der Waals surface area contributed by atoms with Crippen LogP contribution in [0.1, 0.15) is 25.8 Å². The highest BCUT2D eigenvalue weighted by Crippen LogP contribution is 2.15. The van der Waals surface area contributed by atoms with Crippen LogP contribution in [-0.2, 0) is 11.3 Å². The van der Waals surface area contributed by atoms with E-state index in [4.69, 9.17) is 10.00 Å². The number of hydrogen-bond acceptors (Lipinski definition) is 2. The van der Waals surface area contributed by atoms with Gasteiger partial charge in [-0.05, 0) is 17.4 Å². The number of benzene rings is 1. The summed E-state index contributed by atoms with van der Waals surface area (Å²) < 4.78 is 5.64. The normalized spacial score (nSPS) is 12.4. The summed E-state index contributed by atoms with van der Waals surface area (Å²) in [6.07, 6.45) is 0.576. The van der Waals surface area contributed by atoms with Crippen molar-refractivity contribution in [3.05, 3.63) is 35.9 Å². The molecule has 0 saturated carbocycles. The molecule has 2 nitrogen and oxygen atoms in total. The predicted molar refractivity (Wildman–Crippen MR) is 64.7 cm³/mol. The lowest BCUT2D eigenvalue weighted by molar-refractivity contribution is 0.0731. The summed E-state index contributed by atoms with van der Waals surface area (Å²) in [6, 6.07) is 12.3. The Morgan fingerprint density at radius 1 is 1.25 bits per heavy atom. The Morgan fingerprint density at radius 3 is 2.50 bits per heavy atom. The van der Waals surface area contributed by atoms with Gasteiger partial charge in [-0.25, -0.2) is 0 Å². The summed E-state index contributed by atoms with van der Waals surface area (Å²) >= 11 is 0. The molecule has 1 rings (SSSR count). The highest BCUT2D eigenvalue weighted by atomic mass is 16.5. The van der Waals surface area contributed by atoms with Crippen molar-refractivity contribution < 1.29 is 4.74 Å². The van der Waals surface area contributed by atoms with Gasteiger partial charge in [-0.2, -0.15) is 5.26 Å². The standard InChI is InChI=1S/C14H19NO/c1-12(2)14(8-9-15)11-16-10-13-6-4-3-5-7-13/h3-7,12,14H,8,10-11H2,1-2H3/t14-/m1/s1. The summed E-state index contributed by atoms with van der Waals surface area (Å²) in [5, 5.41) is 8.70. The van der Waals surface area contributed by atoms with Crippen LogP contribution in [0.5, 0.6) is 0 Å².